The molecule has 0 unspecified atom stereocenters. The van der Waals surface area contributed by atoms with Crippen molar-refractivity contribution >= 4 is 5.97 Å². The van der Waals surface area contributed by atoms with Gasteiger partial charge in [0.05, 0.1) is 6.61 Å². The fourth-order valence-electron chi connectivity index (χ4n) is 3.79. The van der Waals surface area contributed by atoms with Gasteiger partial charge in [-0.25, -0.2) is 4.79 Å². The first kappa shape index (κ1) is 19.4. The van der Waals surface area contributed by atoms with Gasteiger partial charge >= 0.3 is 5.97 Å². The normalized spacial score (nSPS) is 19.5. The Hall–Kier alpha value is -2.35. The van der Waals surface area contributed by atoms with Crippen LogP contribution in [0.15, 0.2) is 60.7 Å². The zero-order chi connectivity index (χ0) is 19.2. The van der Waals surface area contributed by atoms with Crippen molar-refractivity contribution in [2.45, 2.75) is 51.9 Å². The van der Waals surface area contributed by atoms with Gasteiger partial charge in [-0.05, 0) is 53.9 Å². The van der Waals surface area contributed by atoms with Crippen molar-refractivity contribution in [2.24, 2.45) is 5.92 Å². The molecule has 2 heteroatoms. The van der Waals surface area contributed by atoms with Gasteiger partial charge < -0.3 is 4.74 Å². The van der Waals surface area contributed by atoms with Crippen LogP contribution in [0.3, 0.4) is 0 Å². The number of carbonyl (C=O) groups is 1. The SMILES string of the molecule is C=C(C)C(=O)OCCc1ccc(-c2ccc(C3CCC(C)CC3)cc2)cc1. The summed E-state index contributed by atoms with van der Waals surface area (Å²) in [6, 6.07) is 17.6. The standard InChI is InChI=1S/C25H30O2/c1-18(2)25(26)27-17-16-20-6-10-22(11-7-20)24-14-12-23(13-15-24)21-8-4-19(3)5-9-21/h6-7,10-15,19,21H,1,4-5,8-9,16-17H2,2-3H3. The minimum Gasteiger partial charge on any atom is -0.462 e. The van der Waals surface area contributed by atoms with E-state index in [1.54, 1.807) is 6.92 Å². The number of hydrogen-bond acceptors (Lipinski definition) is 2. The third-order valence-corrected chi connectivity index (χ3v) is 5.66. The van der Waals surface area contributed by atoms with E-state index in [-0.39, 0.29) is 5.97 Å². The summed E-state index contributed by atoms with van der Waals surface area (Å²) >= 11 is 0. The molecular weight excluding hydrogens is 332 g/mol. The maximum absolute atomic E-state index is 11.4. The van der Waals surface area contributed by atoms with E-state index < -0.39 is 0 Å². The lowest BCUT2D eigenvalue weighted by atomic mass is 9.79. The monoisotopic (exact) mass is 362 g/mol. The molecule has 1 aliphatic carbocycles. The van der Waals surface area contributed by atoms with Crippen LogP contribution in [0.4, 0.5) is 0 Å². The number of hydrogen-bond donors (Lipinski definition) is 0. The van der Waals surface area contributed by atoms with Crippen LogP contribution in [0.2, 0.25) is 0 Å². The maximum atomic E-state index is 11.4. The highest BCUT2D eigenvalue weighted by atomic mass is 16.5. The van der Waals surface area contributed by atoms with E-state index in [2.05, 4.69) is 62.0 Å². The third kappa shape index (κ3) is 5.32. The van der Waals surface area contributed by atoms with Crippen LogP contribution >= 0.6 is 0 Å². The fraction of sp³-hybridized carbons (Fsp3) is 0.400. The van der Waals surface area contributed by atoms with E-state index in [9.17, 15) is 4.79 Å². The molecule has 3 rings (SSSR count). The molecule has 0 aromatic heterocycles. The molecule has 0 aliphatic heterocycles. The van der Waals surface area contributed by atoms with Crippen molar-refractivity contribution in [2.75, 3.05) is 6.61 Å². The predicted octanol–water partition coefficient (Wildman–Crippen LogP) is 6.31. The Bertz CT molecular complexity index is 763. The average molecular weight is 363 g/mol. The Kier molecular flexibility index (Phi) is 6.49. The van der Waals surface area contributed by atoms with Gasteiger partial charge in [-0.15, -0.1) is 0 Å². The van der Waals surface area contributed by atoms with E-state index in [4.69, 9.17) is 4.74 Å². The predicted molar refractivity (Wildman–Crippen MR) is 112 cm³/mol. The summed E-state index contributed by atoms with van der Waals surface area (Å²) in [5.74, 6) is 1.31. The molecule has 0 saturated heterocycles. The second-order valence-electron chi connectivity index (χ2n) is 7.94. The number of rotatable bonds is 6. The second-order valence-corrected chi connectivity index (χ2v) is 7.94. The lowest BCUT2D eigenvalue weighted by Crippen LogP contribution is -2.10. The van der Waals surface area contributed by atoms with Crippen LogP contribution in [0.5, 0.6) is 0 Å². The molecule has 1 fully saturated rings. The summed E-state index contributed by atoms with van der Waals surface area (Å²) < 4.78 is 5.16. The van der Waals surface area contributed by atoms with Crippen molar-refractivity contribution in [3.05, 3.63) is 71.8 Å². The van der Waals surface area contributed by atoms with Crippen LogP contribution in [-0.4, -0.2) is 12.6 Å². The van der Waals surface area contributed by atoms with E-state index in [0.29, 0.717) is 12.2 Å². The highest BCUT2D eigenvalue weighted by Crippen LogP contribution is 2.36. The van der Waals surface area contributed by atoms with E-state index >= 15 is 0 Å². The van der Waals surface area contributed by atoms with Gasteiger partial charge in [-0.2, -0.15) is 0 Å². The topological polar surface area (TPSA) is 26.3 Å². The van der Waals surface area contributed by atoms with Gasteiger partial charge in [0.15, 0.2) is 0 Å². The molecule has 142 valence electrons. The molecule has 0 amide bonds. The Balaban J connectivity index is 1.57. The lowest BCUT2D eigenvalue weighted by molar-refractivity contribution is -0.138. The molecule has 0 bridgehead atoms. The molecule has 2 aromatic rings. The number of ether oxygens (including phenoxy) is 1. The van der Waals surface area contributed by atoms with Crippen LogP contribution < -0.4 is 0 Å². The smallest absolute Gasteiger partial charge is 0.333 e. The molecule has 0 radical (unpaired) electrons. The fourth-order valence-corrected chi connectivity index (χ4v) is 3.79. The highest BCUT2D eigenvalue weighted by Gasteiger charge is 2.19. The number of carbonyl (C=O) groups excluding carboxylic acids is 1. The van der Waals surface area contributed by atoms with Crippen molar-refractivity contribution in [3.63, 3.8) is 0 Å². The van der Waals surface area contributed by atoms with Gasteiger partial charge in [-0.3, -0.25) is 0 Å². The second kappa shape index (κ2) is 9.03. The summed E-state index contributed by atoms with van der Waals surface area (Å²) in [4.78, 5) is 11.4. The number of esters is 1. The van der Waals surface area contributed by atoms with Gasteiger partial charge in [0.25, 0.3) is 0 Å². The molecule has 1 saturated carbocycles. The summed E-state index contributed by atoms with van der Waals surface area (Å²) in [6.07, 6.45) is 6.08. The minimum absolute atomic E-state index is 0.320. The van der Waals surface area contributed by atoms with Gasteiger partial charge in [0.1, 0.15) is 0 Å². The Morgan fingerprint density at radius 2 is 1.52 bits per heavy atom. The molecule has 27 heavy (non-hydrogen) atoms. The first-order chi connectivity index (χ1) is 13.0. The molecule has 2 nitrogen and oxygen atoms in total. The molecule has 0 N–H and O–H groups in total. The van der Waals surface area contributed by atoms with Crippen molar-refractivity contribution < 1.29 is 9.53 Å². The van der Waals surface area contributed by atoms with E-state index in [1.807, 2.05) is 0 Å². The van der Waals surface area contributed by atoms with Crippen molar-refractivity contribution in [1.82, 2.24) is 0 Å². The zero-order valence-electron chi connectivity index (χ0n) is 16.5. The average Bonchev–Trinajstić information content (AvgIpc) is 2.69. The van der Waals surface area contributed by atoms with Gasteiger partial charge in [0, 0.05) is 12.0 Å². The quantitative estimate of drug-likeness (QED) is 0.445. The summed E-state index contributed by atoms with van der Waals surface area (Å²) in [5, 5.41) is 0. The Labute approximate surface area is 163 Å². The summed E-state index contributed by atoms with van der Waals surface area (Å²) in [7, 11) is 0. The molecule has 1 aliphatic rings. The highest BCUT2D eigenvalue weighted by molar-refractivity contribution is 5.86. The molecule has 0 heterocycles. The first-order valence-electron chi connectivity index (χ1n) is 10.0. The van der Waals surface area contributed by atoms with Gasteiger partial charge in [-0.1, -0.05) is 74.9 Å². The Morgan fingerprint density at radius 1 is 0.963 bits per heavy atom. The molecule has 0 atom stereocenters. The zero-order valence-corrected chi connectivity index (χ0v) is 16.5. The maximum Gasteiger partial charge on any atom is 0.333 e. The van der Waals surface area contributed by atoms with Crippen LogP contribution in [0, 0.1) is 5.92 Å². The molecular formula is C25H30O2. The Morgan fingerprint density at radius 3 is 2.07 bits per heavy atom. The minimum atomic E-state index is -0.320. The van der Waals surface area contributed by atoms with Gasteiger partial charge in [0.2, 0.25) is 0 Å². The number of benzene rings is 2. The summed E-state index contributed by atoms with van der Waals surface area (Å²) in [5.41, 5.74) is 5.57. The molecule has 0 spiro atoms. The van der Waals surface area contributed by atoms with E-state index in [0.717, 1.165) is 18.3 Å². The van der Waals surface area contributed by atoms with Crippen LogP contribution in [0.25, 0.3) is 11.1 Å². The lowest BCUT2D eigenvalue weighted by Gasteiger charge is -2.26. The summed E-state index contributed by atoms with van der Waals surface area (Å²) in [6.45, 7) is 8.01. The van der Waals surface area contributed by atoms with Crippen LogP contribution in [0.1, 0.15) is 56.6 Å². The van der Waals surface area contributed by atoms with Crippen molar-refractivity contribution in [3.8, 4) is 11.1 Å². The van der Waals surface area contributed by atoms with Crippen molar-refractivity contribution in [1.29, 1.82) is 0 Å². The van der Waals surface area contributed by atoms with Crippen LogP contribution in [-0.2, 0) is 16.0 Å². The van der Waals surface area contributed by atoms with E-state index in [1.165, 1.54) is 47.9 Å². The molecule has 2 aromatic carbocycles. The largest absolute Gasteiger partial charge is 0.462 e. The third-order valence-electron chi connectivity index (χ3n) is 5.66. The first-order valence-corrected chi connectivity index (χ1v) is 10.0.